The predicted molar refractivity (Wildman–Crippen MR) is 147 cm³/mol. The molecular formula is C32H29NO4. The third-order valence-electron chi connectivity index (χ3n) is 6.79. The van der Waals surface area contributed by atoms with Crippen molar-refractivity contribution in [3.8, 4) is 5.75 Å². The quantitative estimate of drug-likeness (QED) is 0.179. The summed E-state index contributed by atoms with van der Waals surface area (Å²) in [6.07, 6.45) is 0. The van der Waals surface area contributed by atoms with Gasteiger partial charge < -0.3 is 9.84 Å². The predicted octanol–water partition coefficient (Wildman–Crippen LogP) is 6.99. The number of rotatable bonds is 6. The highest BCUT2D eigenvalue weighted by atomic mass is 16.5. The molecule has 5 nitrogen and oxygen atoms in total. The van der Waals surface area contributed by atoms with Gasteiger partial charge in [0.15, 0.2) is 0 Å². The highest BCUT2D eigenvalue weighted by molar-refractivity contribution is 6.51. The Bertz CT molecular complexity index is 1520. The Kier molecular flexibility index (Phi) is 6.53. The van der Waals surface area contributed by atoms with Crippen LogP contribution in [0.15, 0.2) is 96.6 Å². The summed E-state index contributed by atoms with van der Waals surface area (Å²) in [6.45, 7) is 6.59. The molecule has 1 aliphatic heterocycles. The van der Waals surface area contributed by atoms with Crippen molar-refractivity contribution in [1.82, 2.24) is 0 Å². The number of aliphatic hydroxyl groups is 1. The summed E-state index contributed by atoms with van der Waals surface area (Å²) in [5.74, 6) is -0.656. The van der Waals surface area contributed by atoms with Gasteiger partial charge in [0.1, 0.15) is 11.5 Å². The average molecular weight is 492 g/mol. The molecule has 4 aromatic carbocycles. The number of aliphatic hydroxyl groups excluding tert-OH is 1. The van der Waals surface area contributed by atoms with E-state index < -0.39 is 17.7 Å². The number of carbonyl (C=O) groups excluding carboxylic acids is 2. The van der Waals surface area contributed by atoms with Crippen LogP contribution in [0.4, 0.5) is 5.69 Å². The van der Waals surface area contributed by atoms with Crippen LogP contribution in [-0.2, 0) is 9.59 Å². The van der Waals surface area contributed by atoms with Crippen molar-refractivity contribution in [3.05, 3.63) is 113 Å². The van der Waals surface area contributed by atoms with E-state index in [1.54, 1.807) is 24.3 Å². The molecule has 1 amide bonds. The first-order chi connectivity index (χ1) is 17.9. The Hall–Kier alpha value is -4.38. The summed E-state index contributed by atoms with van der Waals surface area (Å²) < 4.78 is 5.65. The lowest BCUT2D eigenvalue weighted by atomic mass is 9.92. The summed E-state index contributed by atoms with van der Waals surface area (Å²) >= 11 is 0. The number of carbonyl (C=O) groups is 2. The van der Waals surface area contributed by atoms with Crippen molar-refractivity contribution in [3.63, 3.8) is 0 Å². The lowest BCUT2D eigenvalue weighted by molar-refractivity contribution is -0.132. The summed E-state index contributed by atoms with van der Waals surface area (Å²) in [6, 6.07) is 27.5. The normalized spacial score (nSPS) is 17.1. The van der Waals surface area contributed by atoms with Gasteiger partial charge in [-0.15, -0.1) is 0 Å². The van der Waals surface area contributed by atoms with E-state index in [4.69, 9.17) is 4.74 Å². The third kappa shape index (κ3) is 4.49. The second-order valence-corrected chi connectivity index (χ2v) is 9.48. The van der Waals surface area contributed by atoms with Crippen molar-refractivity contribution in [1.29, 1.82) is 0 Å². The van der Waals surface area contributed by atoms with E-state index in [9.17, 15) is 14.7 Å². The van der Waals surface area contributed by atoms with Gasteiger partial charge in [0.25, 0.3) is 11.7 Å². The van der Waals surface area contributed by atoms with Gasteiger partial charge >= 0.3 is 0 Å². The molecule has 1 aliphatic rings. The molecule has 1 fully saturated rings. The van der Waals surface area contributed by atoms with E-state index in [1.807, 2.05) is 73.7 Å². The molecule has 186 valence electrons. The van der Waals surface area contributed by atoms with E-state index >= 15 is 0 Å². The van der Waals surface area contributed by atoms with Crippen LogP contribution in [0, 0.1) is 0 Å². The standard InChI is InChI=1S/C32H29NO4/c1-4-37-27-11-7-10-26(19-27)33-29(23-15-12-21(13-16-23)20(2)3)28(31(35)32(33)36)30(34)25-17-14-22-8-5-6-9-24(22)18-25/h5-20,29,34H,4H2,1-3H3/b30-28-. The number of hydrogen-bond donors (Lipinski definition) is 1. The molecule has 5 heteroatoms. The van der Waals surface area contributed by atoms with Gasteiger partial charge in [-0.05, 0) is 52.9 Å². The first-order valence-electron chi connectivity index (χ1n) is 12.5. The molecule has 0 spiro atoms. The molecule has 1 heterocycles. The van der Waals surface area contributed by atoms with E-state index in [0.29, 0.717) is 29.5 Å². The largest absolute Gasteiger partial charge is 0.507 e. The number of ketones is 1. The Morgan fingerprint density at radius 3 is 2.32 bits per heavy atom. The van der Waals surface area contributed by atoms with Crippen molar-refractivity contribution in [2.45, 2.75) is 32.7 Å². The number of anilines is 1. The fourth-order valence-corrected chi connectivity index (χ4v) is 4.86. The first kappa shape index (κ1) is 24.3. The van der Waals surface area contributed by atoms with E-state index in [2.05, 4.69) is 13.8 Å². The number of Topliss-reactive ketones (excluding diaryl/α,β-unsaturated/α-hetero) is 1. The highest BCUT2D eigenvalue weighted by Gasteiger charge is 2.47. The van der Waals surface area contributed by atoms with Crippen LogP contribution in [0.2, 0.25) is 0 Å². The zero-order chi connectivity index (χ0) is 26.1. The molecule has 1 saturated heterocycles. The lowest BCUT2D eigenvalue weighted by Crippen LogP contribution is -2.29. The van der Waals surface area contributed by atoms with Gasteiger partial charge in [-0.25, -0.2) is 0 Å². The summed E-state index contributed by atoms with van der Waals surface area (Å²) in [7, 11) is 0. The Balaban J connectivity index is 1.70. The Morgan fingerprint density at radius 1 is 0.892 bits per heavy atom. The molecule has 1 atom stereocenters. The second kappa shape index (κ2) is 9.94. The average Bonchev–Trinajstić information content (AvgIpc) is 3.18. The minimum atomic E-state index is -0.787. The van der Waals surface area contributed by atoms with Gasteiger partial charge in [0, 0.05) is 17.3 Å². The van der Waals surface area contributed by atoms with Crippen LogP contribution in [0.25, 0.3) is 16.5 Å². The maximum Gasteiger partial charge on any atom is 0.300 e. The minimum absolute atomic E-state index is 0.0689. The molecule has 0 aliphatic carbocycles. The van der Waals surface area contributed by atoms with Gasteiger partial charge in [-0.1, -0.05) is 80.6 Å². The number of hydrogen-bond acceptors (Lipinski definition) is 4. The summed E-state index contributed by atoms with van der Waals surface area (Å²) in [5, 5.41) is 13.5. The Morgan fingerprint density at radius 2 is 1.62 bits per heavy atom. The molecule has 0 saturated carbocycles. The van der Waals surface area contributed by atoms with Crippen LogP contribution in [0.3, 0.4) is 0 Å². The lowest BCUT2D eigenvalue weighted by Gasteiger charge is -2.26. The van der Waals surface area contributed by atoms with Crippen molar-refractivity contribution >= 4 is 33.9 Å². The van der Waals surface area contributed by atoms with E-state index in [-0.39, 0.29) is 11.3 Å². The topological polar surface area (TPSA) is 66.8 Å². The SMILES string of the molecule is CCOc1cccc(N2C(=O)C(=O)/C(=C(\O)c3ccc4ccccc4c3)C2c2ccc(C(C)C)cc2)c1. The number of nitrogens with zero attached hydrogens (tertiary/aromatic N) is 1. The molecule has 5 rings (SSSR count). The van der Waals surface area contributed by atoms with Gasteiger partial charge in [0.05, 0.1) is 18.2 Å². The van der Waals surface area contributed by atoms with Crippen LogP contribution in [0.5, 0.6) is 5.75 Å². The molecule has 0 bridgehead atoms. The molecule has 1 N–H and O–H groups in total. The zero-order valence-corrected chi connectivity index (χ0v) is 21.1. The number of fused-ring (bicyclic) bond motifs is 1. The maximum absolute atomic E-state index is 13.5. The highest BCUT2D eigenvalue weighted by Crippen LogP contribution is 2.43. The molecule has 4 aromatic rings. The monoisotopic (exact) mass is 491 g/mol. The molecule has 0 aromatic heterocycles. The number of benzene rings is 4. The van der Waals surface area contributed by atoms with Crippen LogP contribution < -0.4 is 9.64 Å². The summed E-state index contributed by atoms with van der Waals surface area (Å²) in [4.78, 5) is 28.4. The fraction of sp³-hybridized carbons (Fsp3) is 0.188. The molecular weight excluding hydrogens is 462 g/mol. The summed E-state index contributed by atoms with van der Waals surface area (Å²) in [5.41, 5.74) is 2.98. The zero-order valence-electron chi connectivity index (χ0n) is 21.1. The van der Waals surface area contributed by atoms with Crippen molar-refractivity contribution < 1.29 is 19.4 Å². The van der Waals surface area contributed by atoms with Crippen LogP contribution in [-0.4, -0.2) is 23.4 Å². The molecule has 0 radical (unpaired) electrons. The number of ether oxygens (including phenoxy) is 1. The third-order valence-corrected chi connectivity index (χ3v) is 6.79. The van der Waals surface area contributed by atoms with Crippen molar-refractivity contribution in [2.24, 2.45) is 0 Å². The maximum atomic E-state index is 13.5. The minimum Gasteiger partial charge on any atom is -0.507 e. The van der Waals surface area contributed by atoms with Crippen LogP contribution in [0.1, 0.15) is 49.4 Å². The van der Waals surface area contributed by atoms with Gasteiger partial charge in [-0.2, -0.15) is 0 Å². The first-order valence-corrected chi connectivity index (χ1v) is 12.5. The smallest absolute Gasteiger partial charge is 0.300 e. The number of amides is 1. The second-order valence-electron chi connectivity index (χ2n) is 9.48. The fourth-order valence-electron chi connectivity index (χ4n) is 4.86. The Labute approximate surface area is 216 Å². The molecule has 37 heavy (non-hydrogen) atoms. The van der Waals surface area contributed by atoms with E-state index in [1.165, 1.54) is 4.90 Å². The van der Waals surface area contributed by atoms with Crippen LogP contribution >= 0.6 is 0 Å². The van der Waals surface area contributed by atoms with E-state index in [0.717, 1.165) is 21.9 Å². The molecule has 1 unspecified atom stereocenters. The van der Waals surface area contributed by atoms with Crippen molar-refractivity contribution in [2.75, 3.05) is 11.5 Å². The van der Waals surface area contributed by atoms with Gasteiger partial charge in [0.2, 0.25) is 0 Å². The van der Waals surface area contributed by atoms with Gasteiger partial charge in [-0.3, -0.25) is 14.5 Å².